The van der Waals surface area contributed by atoms with Crippen LogP contribution in [0.1, 0.15) is 27.6 Å². The van der Waals surface area contributed by atoms with Crippen molar-refractivity contribution in [2.45, 2.75) is 13.5 Å². The Morgan fingerprint density at radius 3 is 2.79 bits per heavy atom. The van der Waals surface area contributed by atoms with Gasteiger partial charge in [-0.15, -0.1) is 17.9 Å². The Morgan fingerprint density at radius 1 is 1.21 bits per heavy atom. The van der Waals surface area contributed by atoms with Gasteiger partial charge in [-0.05, 0) is 43.3 Å². The average Bonchev–Trinajstić information content (AvgIpc) is 3.32. The fourth-order valence-electron chi connectivity index (χ4n) is 2.95. The number of esters is 1. The highest BCUT2D eigenvalue weighted by Gasteiger charge is 2.13. The standard InChI is InChI=1S/C21H17N3O3S2/c1-3-9-24-16-8-6-14(20(26)27-4-2)11-18(16)29-21(24)23-19(25)13-5-7-15-17(10-13)28-12-22-15/h3,5-8,10-12H,1,4,9H2,2H3. The summed E-state index contributed by atoms with van der Waals surface area (Å²) < 4.78 is 8.77. The van der Waals surface area contributed by atoms with Gasteiger partial charge in [-0.3, -0.25) is 4.79 Å². The summed E-state index contributed by atoms with van der Waals surface area (Å²) >= 11 is 2.84. The maximum absolute atomic E-state index is 12.8. The predicted octanol–water partition coefficient (Wildman–Crippen LogP) is 4.42. The lowest BCUT2D eigenvalue weighted by Gasteiger charge is -2.03. The molecule has 0 unspecified atom stereocenters. The number of aromatic nitrogens is 2. The molecule has 0 atom stereocenters. The van der Waals surface area contributed by atoms with Gasteiger partial charge in [-0.2, -0.15) is 4.99 Å². The van der Waals surface area contributed by atoms with E-state index in [2.05, 4.69) is 16.6 Å². The molecule has 29 heavy (non-hydrogen) atoms. The summed E-state index contributed by atoms with van der Waals surface area (Å²) in [5.41, 5.74) is 4.48. The Labute approximate surface area is 174 Å². The van der Waals surface area contributed by atoms with E-state index in [9.17, 15) is 9.59 Å². The quantitative estimate of drug-likeness (QED) is 0.352. The number of fused-ring (bicyclic) bond motifs is 2. The minimum Gasteiger partial charge on any atom is -0.462 e. The van der Waals surface area contributed by atoms with Gasteiger partial charge in [0.15, 0.2) is 4.80 Å². The number of rotatable bonds is 5. The number of thiazole rings is 2. The lowest BCUT2D eigenvalue weighted by molar-refractivity contribution is 0.0526. The molecular weight excluding hydrogens is 406 g/mol. The Bertz CT molecular complexity index is 1310. The van der Waals surface area contributed by atoms with Crippen LogP contribution in [0.25, 0.3) is 20.4 Å². The van der Waals surface area contributed by atoms with E-state index < -0.39 is 0 Å². The minimum absolute atomic E-state index is 0.316. The van der Waals surface area contributed by atoms with Crippen molar-refractivity contribution in [3.63, 3.8) is 0 Å². The highest BCUT2D eigenvalue weighted by atomic mass is 32.1. The number of nitrogens with zero attached hydrogens (tertiary/aromatic N) is 3. The second-order valence-electron chi connectivity index (χ2n) is 6.14. The third-order valence-corrected chi connectivity index (χ3v) is 6.11. The van der Waals surface area contributed by atoms with Gasteiger partial charge in [0.05, 0.1) is 38.1 Å². The maximum atomic E-state index is 12.8. The van der Waals surface area contributed by atoms with E-state index >= 15 is 0 Å². The molecule has 4 rings (SSSR count). The van der Waals surface area contributed by atoms with E-state index in [1.54, 1.807) is 36.7 Å². The number of ether oxygens (including phenoxy) is 1. The molecular formula is C21H17N3O3S2. The number of hydrogen-bond acceptors (Lipinski definition) is 6. The molecule has 0 aliphatic carbocycles. The minimum atomic E-state index is -0.370. The summed E-state index contributed by atoms with van der Waals surface area (Å²) in [6, 6.07) is 10.7. The average molecular weight is 424 g/mol. The van der Waals surface area contributed by atoms with Crippen LogP contribution in [-0.2, 0) is 11.3 Å². The number of allylic oxidation sites excluding steroid dienone is 1. The smallest absolute Gasteiger partial charge is 0.338 e. The van der Waals surface area contributed by atoms with Crippen molar-refractivity contribution >= 4 is 55.0 Å². The zero-order valence-corrected chi connectivity index (χ0v) is 17.3. The van der Waals surface area contributed by atoms with E-state index in [0.717, 1.165) is 20.4 Å². The highest BCUT2D eigenvalue weighted by Crippen LogP contribution is 2.21. The van der Waals surface area contributed by atoms with E-state index in [0.29, 0.717) is 29.1 Å². The van der Waals surface area contributed by atoms with E-state index in [-0.39, 0.29) is 11.9 Å². The largest absolute Gasteiger partial charge is 0.462 e. The summed E-state index contributed by atoms with van der Waals surface area (Å²) in [4.78, 5) is 33.9. The lowest BCUT2D eigenvalue weighted by Crippen LogP contribution is -2.16. The fraction of sp³-hybridized carbons (Fsp3) is 0.143. The van der Waals surface area contributed by atoms with Crippen molar-refractivity contribution in [3.8, 4) is 0 Å². The van der Waals surface area contributed by atoms with Crippen LogP contribution >= 0.6 is 22.7 Å². The van der Waals surface area contributed by atoms with Crippen molar-refractivity contribution in [1.29, 1.82) is 0 Å². The predicted molar refractivity (Wildman–Crippen MR) is 115 cm³/mol. The Kier molecular flexibility index (Phi) is 5.37. The summed E-state index contributed by atoms with van der Waals surface area (Å²) in [5.74, 6) is -0.694. The molecule has 0 aliphatic rings. The fourth-order valence-corrected chi connectivity index (χ4v) is 4.74. The van der Waals surface area contributed by atoms with Gasteiger partial charge in [-0.25, -0.2) is 9.78 Å². The SMILES string of the molecule is C=CCn1c(=NC(=O)c2ccc3ncsc3c2)sc2cc(C(=O)OCC)ccc21. The van der Waals surface area contributed by atoms with Crippen molar-refractivity contribution in [1.82, 2.24) is 9.55 Å². The second kappa shape index (κ2) is 8.10. The molecule has 0 radical (unpaired) electrons. The molecule has 2 aromatic carbocycles. The van der Waals surface area contributed by atoms with Crippen LogP contribution in [-0.4, -0.2) is 28.0 Å². The third kappa shape index (κ3) is 3.76. The van der Waals surface area contributed by atoms with Crippen molar-refractivity contribution < 1.29 is 14.3 Å². The molecule has 8 heteroatoms. The zero-order chi connectivity index (χ0) is 20.4. The van der Waals surface area contributed by atoms with Crippen LogP contribution in [0.2, 0.25) is 0 Å². The molecule has 2 aromatic heterocycles. The molecule has 146 valence electrons. The number of carbonyl (C=O) groups excluding carboxylic acids is 2. The van der Waals surface area contributed by atoms with E-state index in [4.69, 9.17) is 4.74 Å². The molecule has 0 aliphatic heterocycles. The van der Waals surface area contributed by atoms with Crippen LogP contribution < -0.4 is 4.80 Å². The van der Waals surface area contributed by atoms with Gasteiger partial charge in [-0.1, -0.05) is 17.4 Å². The van der Waals surface area contributed by atoms with Crippen LogP contribution in [0.4, 0.5) is 0 Å². The third-order valence-electron chi connectivity index (χ3n) is 4.28. The van der Waals surface area contributed by atoms with Crippen molar-refractivity contribution in [2.24, 2.45) is 4.99 Å². The molecule has 1 amide bonds. The summed E-state index contributed by atoms with van der Waals surface area (Å²) in [6.45, 7) is 6.38. The first-order valence-electron chi connectivity index (χ1n) is 8.94. The van der Waals surface area contributed by atoms with Gasteiger partial charge in [0.1, 0.15) is 0 Å². The number of hydrogen-bond donors (Lipinski definition) is 0. The monoisotopic (exact) mass is 423 g/mol. The van der Waals surface area contributed by atoms with Gasteiger partial charge >= 0.3 is 5.97 Å². The molecule has 4 aromatic rings. The molecule has 0 bridgehead atoms. The number of benzene rings is 2. The number of amides is 1. The molecule has 0 spiro atoms. The van der Waals surface area contributed by atoms with Crippen LogP contribution in [0.3, 0.4) is 0 Å². The zero-order valence-electron chi connectivity index (χ0n) is 15.6. The summed E-state index contributed by atoms with van der Waals surface area (Å²) in [7, 11) is 0. The van der Waals surface area contributed by atoms with Crippen molar-refractivity contribution in [3.05, 3.63) is 70.5 Å². The Hall–Kier alpha value is -3.10. The molecule has 6 nitrogen and oxygen atoms in total. The summed E-state index contributed by atoms with van der Waals surface area (Å²) in [6.07, 6.45) is 1.75. The van der Waals surface area contributed by atoms with Crippen molar-refractivity contribution in [2.75, 3.05) is 6.61 Å². The van der Waals surface area contributed by atoms with Gasteiger partial charge in [0, 0.05) is 12.1 Å². The Balaban J connectivity index is 1.79. The Morgan fingerprint density at radius 2 is 2.00 bits per heavy atom. The van der Waals surface area contributed by atoms with Gasteiger partial charge in [0.2, 0.25) is 0 Å². The number of carbonyl (C=O) groups is 2. The van der Waals surface area contributed by atoms with Crippen LogP contribution in [0.15, 0.2) is 59.6 Å². The molecule has 0 fully saturated rings. The lowest BCUT2D eigenvalue weighted by atomic mass is 10.2. The van der Waals surface area contributed by atoms with E-state index in [1.807, 2.05) is 22.8 Å². The normalized spacial score (nSPS) is 11.8. The topological polar surface area (TPSA) is 73.5 Å². The maximum Gasteiger partial charge on any atom is 0.338 e. The second-order valence-corrected chi connectivity index (χ2v) is 8.03. The highest BCUT2D eigenvalue weighted by molar-refractivity contribution is 7.17. The molecule has 0 saturated carbocycles. The van der Waals surface area contributed by atoms with Crippen LogP contribution in [0, 0.1) is 0 Å². The summed E-state index contributed by atoms with van der Waals surface area (Å²) in [5, 5.41) is 0. The van der Waals surface area contributed by atoms with Gasteiger partial charge in [0.25, 0.3) is 5.91 Å². The first kappa shape index (κ1) is 19.2. The molecule has 2 heterocycles. The molecule has 0 saturated heterocycles. The van der Waals surface area contributed by atoms with Gasteiger partial charge < -0.3 is 9.30 Å². The van der Waals surface area contributed by atoms with E-state index in [1.165, 1.54) is 22.7 Å². The molecule has 0 N–H and O–H groups in total. The van der Waals surface area contributed by atoms with Crippen LogP contribution in [0.5, 0.6) is 0 Å². The first-order chi connectivity index (χ1) is 14.1. The first-order valence-corrected chi connectivity index (χ1v) is 10.6.